The van der Waals surface area contributed by atoms with E-state index >= 15 is 0 Å². The zero-order chi connectivity index (χ0) is 15.7. The van der Waals surface area contributed by atoms with Crippen LogP contribution >= 0.6 is 0 Å². The highest BCUT2D eigenvalue weighted by Gasteiger charge is 2.24. The van der Waals surface area contributed by atoms with Crippen LogP contribution in [0, 0.1) is 6.92 Å². The third-order valence-corrected chi connectivity index (χ3v) is 5.99. The molecule has 9 heteroatoms. The average Bonchev–Trinajstić information content (AvgIpc) is 2.40. The Labute approximate surface area is 125 Å². The number of nitrogens with two attached hydrogens (primary N) is 1. The molecule has 3 N–H and O–H groups in total. The lowest BCUT2D eigenvalue weighted by molar-refractivity contribution is 0.349. The van der Waals surface area contributed by atoms with Gasteiger partial charge in [-0.1, -0.05) is 12.5 Å². The van der Waals surface area contributed by atoms with Crippen molar-refractivity contribution in [3.63, 3.8) is 0 Å². The van der Waals surface area contributed by atoms with E-state index in [9.17, 15) is 16.8 Å². The van der Waals surface area contributed by atoms with Crippen molar-refractivity contribution >= 4 is 25.9 Å². The molecule has 7 nitrogen and oxygen atoms in total. The fourth-order valence-corrected chi connectivity index (χ4v) is 4.39. The minimum atomic E-state index is -3.88. The molecule has 1 aromatic rings. The van der Waals surface area contributed by atoms with Crippen molar-refractivity contribution in [3.05, 3.63) is 23.8 Å². The number of nitrogens with zero attached hydrogens (tertiary/aromatic N) is 1. The first kappa shape index (κ1) is 16.2. The van der Waals surface area contributed by atoms with Gasteiger partial charge in [-0.3, -0.25) is 4.72 Å². The topological polar surface area (TPSA) is 110 Å². The van der Waals surface area contributed by atoms with Gasteiger partial charge in [0.25, 0.3) is 0 Å². The molecule has 1 saturated heterocycles. The third kappa shape index (κ3) is 3.94. The Hall–Kier alpha value is -1.16. The maximum Gasteiger partial charge on any atom is 0.301 e. The second-order valence-corrected chi connectivity index (χ2v) is 8.29. The Balaban J connectivity index is 2.27. The molecule has 1 aromatic carbocycles. The summed E-state index contributed by atoms with van der Waals surface area (Å²) in [7, 11) is -7.55. The molecule has 0 aliphatic carbocycles. The van der Waals surface area contributed by atoms with Crippen molar-refractivity contribution in [2.24, 2.45) is 5.14 Å². The van der Waals surface area contributed by atoms with E-state index in [0.717, 1.165) is 19.3 Å². The van der Waals surface area contributed by atoms with Crippen LogP contribution in [0.25, 0.3) is 0 Å². The smallest absolute Gasteiger partial charge is 0.271 e. The molecule has 1 fully saturated rings. The Morgan fingerprint density at radius 1 is 1.10 bits per heavy atom. The largest absolute Gasteiger partial charge is 0.301 e. The number of aryl methyl sites for hydroxylation is 1. The molecular weight excluding hydrogens is 314 g/mol. The quantitative estimate of drug-likeness (QED) is 0.848. The lowest BCUT2D eigenvalue weighted by Gasteiger charge is -2.26. The highest BCUT2D eigenvalue weighted by atomic mass is 32.2. The van der Waals surface area contributed by atoms with Crippen molar-refractivity contribution < 1.29 is 16.8 Å². The molecule has 2 rings (SSSR count). The molecular formula is C12H19N3O4S2. The monoisotopic (exact) mass is 333 g/mol. The van der Waals surface area contributed by atoms with Gasteiger partial charge in [-0.05, 0) is 37.5 Å². The summed E-state index contributed by atoms with van der Waals surface area (Å²) in [6.45, 7) is 2.55. The van der Waals surface area contributed by atoms with E-state index in [1.54, 1.807) is 6.92 Å². The molecule has 1 aliphatic heterocycles. The van der Waals surface area contributed by atoms with Gasteiger partial charge in [-0.15, -0.1) is 0 Å². The van der Waals surface area contributed by atoms with E-state index in [-0.39, 0.29) is 10.6 Å². The van der Waals surface area contributed by atoms with E-state index in [2.05, 4.69) is 4.72 Å². The molecule has 0 aromatic heterocycles. The Morgan fingerprint density at radius 2 is 1.71 bits per heavy atom. The number of hydrogen-bond acceptors (Lipinski definition) is 4. The predicted molar refractivity (Wildman–Crippen MR) is 80.5 cm³/mol. The third-order valence-electron chi connectivity index (χ3n) is 3.40. The molecule has 0 unspecified atom stereocenters. The lowest BCUT2D eigenvalue weighted by Crippen LogP contribution is -2.39. The van der Waals surface area contributed by atoms with Crippen LogP contribution in [0.2, 0.25) is 0 Å². The van der Waals surface area contributed by atoms with Crippen LogP contribution in [0.1, 0.15) is 24.8 Å². The Bertz CT molecular complexity index is 723. The number of hydrogen-bond donors (Lipinski definition) is 2. The molecule has 1 heterocycles. The van der Waals surface area contributed by atoms with Crippen LogP contribution in [0.15, 0.2) is 23.1 Å². The Kier molecular flexibility index (Phi) is 4.57. The van der Waals surface area contributed by atoms with E-state index in [1.165, 1.54) is 22.5 Å². The zero-order valence-electron chi connectivity index (χ0n) is 11.7. The van der Waals surface area contributed by atoms with Gasteiger partial charge in [-0.25, -0.2) is 13.6 Å². The van der Waals surface area contributed by atoms with Gasteiger partial charge < -0.3 is 0 Å². The van der Waals surface area contributed by atoms with Crippen molar-refractivity contribution in [2.75, 3.05) is 17.8 Å². The normalized spacial score (nSPS) is 17.6. The first-order chi connectivity index (χ1) is 9.70. The van der Waals surface area contributed by atoms with E-state index in [1.807, 2.05) is 0 Å². The van der Waals surface area contributed by atoms with Crippen LogP contribution in [-0.4, -0.2) is 34.2 Å². The summed E-state index contributed by atoms with van der Waals surface area (Å²) in [6, 6.07) is 4.28. The molecule has 0 spiro atoms. The highest BCUT2D eigenvalue weighted by molar-refractivity contribution is 7.90. The van der Waals surface area contributed by atoms with Gasteiger partial charge >= 0.3 is 10.2 Å². The summed E-state index contributed by atoms with van der Waals surface area (Å²) in [5.41, 5.74) is 0.661. The van der Waals surface area contributed by atoms with Gasteiger partial charge in [0.05, 0.1) is 10.6 Å². The van der Waals surface area contributed by atoms with Crippen LogP contribution in [0.5, 0.6) is 0 Å². The SMILES string of the molecule is Cc1ccc(NS(=O)(=O)N2CCCCC2)cc1S(N)(=O)=O. The minimum Gasteiger partial charge on any atom is -0.271 e. The zero-order valence-corrected chi connectivity index (χ0v) is 13.4. The second-order valence-electron chi connectivity index (χ2n) is 5.09. The maximum atomic E-state index is 12.2. The summed E-state index contributed by atoms with van der Waals surface area (Å²) in [4.78, 5) is -0.0821. The van der Waals surface area contributed by atoms with Crippen molar-refractivity contribution in [3.8, 4) is 0 Å². The van der Waals surface area contributed by atoms with E-state index in [0.29, 0.717) is 18.7 Å². The fraction of sp³-hybridized carbons (Fsp3) is 0.500. The van der Waals surface area contributed by atoms with E-state index < -0.39 is 20.2 Å². The first-order valence-corrected chi connectivity index (χ1v) is 9.60. The molecule has 0 atom stereocenters. The number of piperidine rings is 1. The van der Waals surface area contributed by atoms with Gasteiger partial charge in [-0.2, -0.15) is 12.7 Å². The molecule has 0 saturated carbocycles. The molecule has 1 aliphatic rings. The maximum absolute atomic E-state index is 12.2. The lowest BCUT2D eigenvalue weighted by atomic mass is 10.2. The summed E-state index contributed by atoms with van der Waals surface area (Å²) < 4.78 is 51.2. The number of nitrogens with one attached hydrogen (secondary N) is 1. The number of benzene rings is 1. The van der Waals surface area contributed by atoms with Gasteiger partial charge in [0.15, 0.2) is 0 Å². The van der Waals surface area contributed by atoms with Gasteiger partial charge in [0.2, 0.25) is 10.0 Å². The average molecular weight is 333 g/mol. The summed E-state index contributed by atoms with van der Waals surface area (Å²) in [5.74, 6) is 0. The van der Waals surface area contributed by atoms with Crippen molar-refractivity contribution in [2.45, 2.75) is 31.1 Å². The Morgan fingerprint density at radius 3 is 2.29 bits per heavy atom. The molecule has 0 radical (unpaired) electrons. The molecule has 21 heavy (non-hydrogen) atoms. The molecule has 0 bridgehead atoms. The van der Waals surface area contributed by atoms with Crippen LogP contribution in [-0.2, 0) is 20.2 Å². The minimum absolute atomic E-state index is 0.0821. The predicted octanol–water partition coefficient (Wildman–Crippen LogP) is 0.785. The van der Waals surface area contributed by atoms with Gasteiger partial charge in [0, 0.05) is 13.1 Å². The summed E-state index contributed by atoms with van der Waals surface area (Å²) in [5, 5.41) is 5.12. The highest BCUT2D eigenvalue weighted by Crippen LogP contribution is 2.21. The van der Waals surface area contributed by atoms with Crippen LogP contribution < -0.4 is 9.86 Å². The van der Waals surface area contributed by atoms with Crippen LogP contribution in [0.3, 0.4) is 0 Å². The number of primary sulfonamides is 1. The molecule has 0 amide bonds. The van der Waals surface area contributed by atoms with Crippen LogP contribution in [0.4, 0.5) is 5.69 Å². The summed E-state index contributed by atoms with van der Waals surface area (Å²) in [6.07, 6.45) is 2.68. The summed E-state index contributed by atoms with van der Waals surface area (Å²) >= 11 is 0. The first-order valence-electron chi connectivity index (χ1n) is 6.61. The van der Waals surface area contributed by atoms with Gasteiger partial charge in [0.1, 0.15) is 0 Å². The standard InChI is InChI=1S/C12H19N3O4S2/c1-10-5-6-11(9-12(10)20(13,16)17)14-21(18,19)15-7-3-2-4-8-15/h5-6,9,14H,2-4,7-8H2,1H3,(H2,13,16,17). The molecule has 118 valence electrons. The van der Waals surface area contributed by atoms with E-state index in [4.69, 9.17) is 5.14 Å². The van der Waals surface area contributed by atoms with Crippen molar-refractivity contribution in [1.82, 2.24) is 4.31 Å². The number of anilines is 1. The fourth-order valence-electron chi connectivity index (χ4n) is 2.29. The second kappa shape index (κ2) is 5.91. The number of rotatable bonds is 4. The number of sulfonamides is 1. The van der Waals surface area contributed by atoms with Crippen molar-refractivity contribution in [1.29, 1.82) is 0 Å².